The van der Waals surface area contributed by atoms with Crippen molar-refractivity contribution in [2.24, 2.45) is 0 Å². The van der Waals surface area contributed by atoms with E-state index in [1.165, 1.54) is 18.2 Å². The number of aromatic hydroxyl groups is 1. The summed E-state index contributed by atoms with van der Waals surface area (Å²) in [6, 6.07) is 9.44. The molecule has 20 heavy (non-hydrogen) atoms. The summed E-state index contributed by atoms with van der Waals surface area (Å²) in [5.41, 5.74) is -0.930. The van der Waals surface area contributed by atoms with Crippen molar-refractivity contribution < 1.29 is 15.0 Å². The van der Waals surface area contributed by atoms with E-state index in [2.05, 4.69) is 27.9 Å². The smallest absolute Gasteiger partial charge is 0.266 e. The second-order valence-electron chi connectivity index (χ2n) is 4.52. The van der Waals surface area contributed by atoms with Gasteiger partial charge in [0, 0.05) is 25.4 Å². The van der Waals surface area contributed by atoms with Gasteiger partial charge in [0.05, 0.1) is 0 Å². The Morgan fingerprint density at radius 3 is 2.65 bits per heavy atom. The molecule has 1 amide bonds. The number of aliphatic hydroxyl groups is 1. The van der Waals surface area contributed by atoms with E-state index in [9.17, 15) is 15.0 Å². The molecule has 0 spiro atoms. The fourth-order valence-electron chi connectivity index (χ4n) is 2.34. The van der Waals surface area contributed by atoms with E-state index in [0.29, 0.717) is 16.3 Å². The molecule has 1 heterocycles. The Hall–Kier alpha value is -1.31. The number of carbonyl (C=O) groups is 1. The molecule has 0 aromatic heterocycles. The zero-order valence-electron chi connectivity index (χ0n) is 10.0. The molecule has 1 aliphatic heterocycles. The fourth-order valence-corrected chi connectivity index (χ4v) is 3.00. The van der Waals surface area contributed by atoms with Crippen LogP contribution in [0.3, 0.4) is 0 Å². The Morgan fingerprint density at radius 1 is 1.15 bits per heavy atom. The normalized spacial score (nSPS) is 20.6. The third kappa shape index (κ3) is 1.88. The van der Waals surface area contributed by atoms with E-state index in [4.69, 9.17) is 11.6 Å². The Labute approximate surface area is 133 Å². The van der Waals surface area contributed by atoms with Crippen LogP contribution in [0.25, 0.3) is 0 Å². The average Bonchev–Trinajstić information content (AvgIpc) is 2.64. The number of benzene rings is 2. The molecule has 0 saturated carbocycles. The molecule has 2 aromatic carbocycles. The molecule has 6 heteroatoms. The van der Waals surface area contributed by atoms with Gasteiger partial charge in [-0.3, -0.25) is 4.79 Å². The largest absolute Gasteiger partial charge is 0.508 e. The number of phenolic OH excluding ortho intramolecular Hbond substituents is 1. The summed E-state index contributed by atoms with van der Waals surface area (Å²) in [4.78, 5) is 12.2. The topological polar surface area (TPSA) is 69.6 Å². The van der Waals surface area contributed by atoms with Crippen LogP contribution in [-0.4, -0.2) is 16.1 Å². The van der Waals surface area contributed by atoms with Crippen molar-refractivity contribution in [2.75, 3.05) is 5.32 Å². The minimum Gasteiger partial charge on any atom is -0.508 e. The maximum atomic E-state index is 12.2. The molecule has 0 aliphatic carbocycles. The number of amides is 1. The van der Waals surface area contributed by atoms with Crippen LogP contribution in [0.1, 0.15) is 11.1 Å². The summed E-state index contributed by atoms with van der Waals surface area (Å²) in [7, 11) is 0. The monoisotopic (exact) mass is 401 g/mol. The minimum atomic E-state index is -1.94. The first-order valence-electron chi connectivity index (χ1n) is 5.76. The predicted octanol–water partition coefficient (Wildman–Crippen LogP) is 2.84. The summed E-state index contributed by atoms with van der Waals surface area (Å²) in [5.74, 6) is -0.787. The molecule has 0 fully saturated rings. The standard InChI is InChI=1S/C14H9ClINO3/c15-7-1-4-12(18)10(5-7)14(20)9-3-2-8(16)6-11(9)17-13(14)19/h1-6,18,20H,(H,17,19). The van der Waals surface area contributed by atoms with Crippen LogP contribution in [0.5, 0.6) is 5.75 Å². The number of hydrogen-bond acceptors (Lipinski definition) is 3. The van der Waals surface area contributed by atoms with E-state index in [0.717, 1.165) is 3.57 Å². The molecule has 0 bridgehead atoms. The van der Waals surface area contributed by atoms with Gasteiger partial charge in [0.2, 0.25) is 0 Å². The van der Waals surface area contributed by atoms with Gasteiger partial charge in [-0.15, -0.1) is 0 Å². The summed E-state index contributed by atoms with van der Waals surface area (Å²) in [6.45, 7) is 0. The molecule has 0 saturated heterocycles. The van der Waals surface area contributed by atoms with Gasteiger partial charge < -0.3 is 15.5 Å². The highest BCUT2D eigenvalue weighted by molar-refractivity contribution is 14.1. The van der Waals surface area contributed by atoms with Crippen LogP contribution in [0.15, 0.2) is 36.4 Å². The van der Waals surface area contributed by atoms with Crippen LogP contribution >= 0.6 is 34.2 Å². The SMILES string of the molecule is O=C1Nc2cc(I)ccc2C1(O)c1cc(Cl)ccc1O. The molecule has 102 valence electrons. The minimum absolute atomic E-state index is 0.0717. The highest BCUT2D eigenvalue weighted by Gasteiger charge is 2.48. The lowest BCUT2D eigenvalue weighted by atomic mass is 9.87. The van der Waals surface area contributed by atoms with Crippen molar-refractivity contribution in [1.82, 2.24) is 0 Å². The highest BCUT2D eigenvalue weighted by Crippen LogP contribution is 2.44. The zero-order chi connectivity index (χ0) is 14.5. The quantitative estimate of drug-likeness (QED) is 0.644. The number of carbonyl (C=O) groups excluding carboxylic acids is 1. The molecule has 1 atom stereocenters. The van der Waals surface area contributed by atoms with Gasteiger partial charge in [0.15, 0.2) is 5.60 Å². The van der Waals surface area contributed by atoms with Crippen LogP contribution in [0.2, 0.25) is 5.02 Å². The number of hydrogen-bond donors (Lipinski definition) is 3. The van der Waals surface area contributed by atoms with E-state index in [-0.39, 0.29) is 11.3 Å². The Balaban J connectivity index is 2.27. The maximum Gasteiger partial charge on any atom is 0.266 e. The van der Waals surface area contributed by atoms with Crippen molar-refractivity contribution >= 4 is 45.8 Å². The lowest BCUT2D eigenvalue weighted by Crippen LogP contribution is -2.35. The summed E-state index contributed by atoms with van der Waals surface area (Å²) in [5, 5.41) is 23.8. The number of halogens is 2. The third-order valence-corrected chi connectivity index (χ3v) is 4.20. The molecule has 1 unspecified atom stereocenters. The van der Waals surface area contributed by atoms with Crippen LogP contribution in [0, 0.1) is 3.57 Å². The lowest BCUT2D eigenvalue weighted by Gasteiger charge is -2.22. The number of rotatable bonds is 1. The fraction of sp³-hybridized carbons (Fsp3) is 0.0714. The number of phenols is 1. The van der Waals surface area contributed by atoms with Gasteiger partial charge in [-0.2, -0.15) is 0 Å². The molecule has 1 aliphatic rings. The molecular formula is C14H9ClINO3. The number of anilines is 1. The van der Waals surface area contributed by atoms with Crippen molar-refractivity contribution in [3.05, 3.63) is 56.1 Å². The molecule has 3 rings (SSSR count). The molecule has 3 N–H and O–H groups in total. The molecular weight excluding hydrogens is 393 g/mol. The van der Waals surface area contributed by atoms with Gasteiger partial charge in [-0.25, -0.2) is 0 Å². The predicted molar refractivity (Wildman–Crippen MR) is 83.9 cm³/mol. The first kappa shape index (κ1) is 13.7. The average molecular weight is 402 g/mol. The zero-order valence-corrected chi connectivity index (χ0v) is 12.9. The molecule has 0 radical (unpaired) electrons. The van der Waals surface area contributed by atoms with Gasteiger partial charge in [-0.1, -0.05) is 17.7 Å². The van der Waals surface area contributed by atoms with Crippen molar-refractivity contribution in [1.29, 1.82) is 0 Å². The van der Waals surface area contributed by atoms with Crippen LogP contribution in [-0.2, 0) is 10.4 Å². The number of fused-ring (bicyclic) bond motifs is 1. The number of nitrogens with one attached hydrogen (secondary N) is 1. The Kier molecular flexibility index (Phi) is 3.15. The molecule has 4 nitrogen and oxygen atoms in total. The first-order valence-corrected chi connectivity index (χ1v) is 7.21. The summed E-state index contributed by atoms with van der Waals surface area (Å²) >= 11 is 8.02. The van der Waals surface area contributed by atoms with Gasteiger partial charge in [-0.05, 0) is 52.9 Å². The van der Waals surface area contributed by atoms with E-state index in [1.807, 2.05) is 0 Å². The highest BCUT2D eigenvalue weighted by atomic mass is 127. The maximum absolute atomic E-state index is 12.2. The molecule has 2 aromatic rings. The van der Waals surface area contributed by atoms with Gasteiger partial charge in [0.25, 0.3) is 5.91 Å². The summed E-state index contributed by atoms with van der Waals surface area (Å²) in [6.07, 6.45) is 0. The second-order valence-corrected chi connectivity index (χ2v) is 6.20. The van der Waals surface area contributed by atoms with Crippen molar-refractivity contribution in [2.45, 2.75) is 5.60 Å². The van der Waals surface area contributed by atoms with E-state index >= 15 is 0 Å². The van der Waals surface area contributed by atoms with Crippen molar-refractivity contribution in [3.8, 4) is 5.75 Å². The van der Waals surface area contributed by atoms with Gasteiger partial charge in [0.1, 0.15) is 5.75 Å². The van der Waals surface area contributed by atoms with Crippen molar-refractivity contribution in [3.63, 3.8) is 0 Å². The third-order valence-electron chi connectivity index (χ3n) is 3.30. The first-order chi connectivity index (χ1) is 9.42. The van der Waals surface area contributed by atoms with Crippen LogP contribution < -0.4 is 5.32 Å². The van der Waals surface area contributed by atoms with E-state index in [1.54, 1.807) is 18.2 Å². The summed E-state index contributed by atoms with van der Waals surface area (Å²) < 4.78 is 0.932. The van der Waals surface area contributed by atoms with E-state index < -0.39 is 11.5 Å². The van der Waals surface area contributed by atoms with Gasteiger partial charge >= 0.3 is 0 Å². The Morgan fingerprint density at radius 2 is 1.90 bits per heavy atom. The second kappa shape index (κ2) is 4.61. The van der Waals surface area contributed by atoms with Crippen LogP contribution in [0.4, 0.5) is 5.69 Å². The lowest BCUT2D eigenvalue weighted by molar-refractivity contribution is -0.129. The Bertz CT molecular complexity index is 734.